The first kappa shape index (κ1) is 19.2. The number of hydrogen-bond donors (Lipinski definition) is 1. The van der Waals surface area contributed by atoms with Crippen LogP contribution in [0.2, 0.25) is 0 Å². The van der Waals surface area contributed by atoms with Crippen LogP contribution in [0.3, 0.4) is 0 Å². The number of anilines is 2. The zero-order chi connectivity index (χ0) is 20.5. The monoisotopic (exact) mass is 406 g/mol. The summed E-state index contributed by atoms with van der Waals surface area (Å²) in [6.45, 7) is 6.05. The van der Waals surface area contributed by atoms with Crippen LogP contribution >= 0.6 is 11.3 Å². The molecule has 0 aliphatic carbocycles. The second kappa shape index (κ2) is 7.68. The highest BCUT2D eigenvalue weighted by atomic mass is 32.1. The van der Waals surface area contributed by atoms with Gasteiger partial charge in [-0.3, -0.25) is 0 Å². The molecule has 0 aromatic carbocycles. The molecule has 0 amide bonds. The largest absolute Gasteiger partial charge is 0.497 e. The van der Waals surface area contributed by atoms with Gasteiger partial charge in [0.05, 0.1) is 18.5 Å². The molecule has 148 valence electrons. The number of nitrogen functional groups attached to an aromatic ring is 1. The topological polar surface area (TPSA) is 101 Å². The van der Waals surface area contributed by atoms with Crippen LogP contribution < -0.4 is 15.4 Å². The van der Waals surface area contributed by atoms with Gasteiger partial charge in [0.1, 0.15) is 39.6 Å². The number of nitrogens with zero attached hydrogens (tertiary/aromatic N) is 5. The Hall–Kier alpha value is -3.18. The summed E-state index contributed by atoms with van der Waals surface area (Å²) in [5.41, 5.74) is 9.45. The highest BCUT2D eigenvalue weighted by Gasteiger charge is 2.23. The standard InChI is InChI=1S/C21H22N6OS/c1-12-4-5-27(10-12)19-7-14(28-3)6-17(25-19)20-15(9-22)16(23)8-18(26-20)21-24-13(2)11-29-21/h6-8,11-12H,4-5,10H2,1-3H3,(H2,23,26). The van der Waals surface area contributed by atoms with Gasteiger partial charge < -0.3 is 15.4 Å². The van der Waals surface area contributed by atoms with E-state index in [9.17, 15) is 5.26 Å². The van der Waals surface area contributed by atoms with Gasteiger partial charge in [-0.15, -0.1) is 11.3 Å². The summed E-state index contributed by atoms with van der Waals surface area (Å²) in [5.74, 6) is 2.11. The highest BCUT2D eigenvalue weighted by molar-refractivity contribution is 7.13. The van der Waals surface area contributed by atoms with Crippen LogP contribution in [-0.2, 0) is 0 Å². The fraction of sp³-hybridized carbons (Fsp3) is 0.333. The molecule has 4 heterocycles. The molecule has 0 spiro atoms. The Balaban J connectivity index is 1.87. The van der Waals surface area contributed by atoms with Crippen molar-refractivity contribution in [1.29, 1.82) is 5.26 Å². The molecule has 1 saturated heterocycles. The normalized spacial score (nSPS) is 16.1. The lowest BCUT2D eigenvalue weighted by atomic mass is 10.1. The number of methoxy groups -OCH3 is 1. The summed E-state index contributed by atoms with van der Waals surface area (Å²) < 4.78 is 5.51. The molecule has 1 unspecified atom stereocenters. The Morgan fingerprint density at radius 3 is 2.69 bits per heavy atom. The van der Waals surface area contributed by atoms with E-state index in [0.717, 1.165) is 36.0 Å². The Morgan fingerprint density at radius 2 is 2.07 bits per heavy atom. The first-order valence-electron chi connectivity index (χ1n) is 9.43. The number of aromatic nitrogens is 3. The Kier molecular flexibility index (Phi) is 5.07. The highest BCUT2D eigenvalue weighted by Crippen LogP contribution is 2.34. The molecule has 2 N–H and O–H groups in total. The third-order valence-electron chi connectivity index (χ3n) is 5.01. The maximum absolute atomic E-state index is 9.72. The molecule has 1 aliphatic rings. The lowest BCUT2D eigenvalue weighted by Gasteiger charge is -2.19. The van der Waals surface area contributed by atoms with Crippen molar-refractivity contribution in [3.63, 3.8) is 0 Å². The lowest BCUT2D eigenvalue weighted by Crippen LogP contribution is -2.20. The minimum absolute atomic E-state index is 0.309. The third-order valence-corrected chi connectivity index (χ3v) is 5.99. The predicted molar refractivity (Wildman–Crippen MR) is 115 cm³/mol. The van der Waals surface area contributed by atoms with E-state index in [2.05, 4.69) is 22.9 Å². The van der Waals surface area contributed by atoms with Crippen LogP contribution in [0.15, 0.2) is 23.6 Å². The van der Waals surface area contributed by atoms with Crippen LogP contribution in [0.5, 0.6) is 5.75 Å². The molecule has 29 heavy (non-hydrogen) atoms. The van der Waals surface area contributed by atoms with Gasteiger partial charge in [-0.1, -0.05) is 6.92 Å². The molecule has 1 atom stereocenters. The van der Waals surface area contributed by atoms with Gasteiger partial charge in [0.15, 0.2) is 0 Å². The van der Waals surface area contributed by atoms with E-state index < -0.39 is 0 Å². The van der Waals surface area contributed by atoms with E-state index in [1.54, 1.807) is 19.2 Å². The smallest absolute Gasteiger partial charge is 0.142 e. The van der Waals surface area contributed by atoms with E-state index >= 15 is 0 Å². The Bertz CT molecular complexity index is 1100. The molecule has 3 aromatic rings. The molecule has 0 bridgehead atoms. The molecule has 1 fully saturated rings. The second-order valence-electron chi connectivity index (χ2n) is 7.32. The number of thiazole rings is 1. The summed E-state index contributed by atoms with van der Waals surface area (Å²) in [6, 6.07) is 7.59. The number of nitriles is 1. The minimum atomic E-state index is 0.309. The summed E-state index contributed by atoms with van der Waals surface area (Å²) >= 11 is 1.49. The zero-order valence-electron chi connectivity index (χ0n) is 16.6. The zero-order valence-corrected chi connectivity index (χ0v) is 17.5. The first-order valence-corrected chi connectivity index (χ1v) is 10.3. The van der Waals surface area contributed by atoms with Crippen LogP contribution in [-0.4, -0.2) is 35.2 Å². The molecular weight excluding hydrogens is 384 g/mol. The predicted octanol–water partition coefficient (Wildman–Crippen LogP) is 3.88. The van der Waals surface area contributed by atoms with E-state index in [-0.39, 0.29) is 0 Å². The maximum atomic E-state index is 9.72. The summed E-state index contributed by atoms with van der Waals surface area (Å²) in [7, 11) is 1.62. The fourth-order valence-corrected chi connectivity index (χ4v) is 4.24. The first-order chi connectivity index (χ1) is 14.0. The number of hydrogen-bond acceptors (Lipinski definition) is 8. The van der Waals surface area contributed by atoms with Crippen molar-refractivity contribution < 1.29 is 4.74 Å². The van der Waals surface area contributed by atoms with Crippen molar-refractivity contribution >= 4 is 22.8 Å². The molecule has 4 rings (SSSR count). The van der Waals surface area contributed by atoms with Crippen molar-refractivity contribution in [1.82, 2.24) is 15.0 Å². The quantitative estimate of drug-likeness (QED) is 0.701. The number of aryl methyl sites for hydroxylation is 1. The van der Waals surface area contributed by atoms with Gasteiger partial charge in [0, 0.05) is 36.3 Å². The average Bonchev–Trinajstić information content (AvgIpc) is 3.35. The van der Waals surface area contributed by atoms with Crippen molar-refractivity contribution in [3.05, 3.63) is 34.8 Å². The molecule has 3 aromatic heterocycles. The van der Waals surface area contributed by atoms with Crippen molar-refractivity contribution in [2.45, 2.75) is 20.3 Å². The van der Waals surface area contributed by atoms with Crippen LogP contribution in [0.1, 0.15) is 24.6 Å². The Morgan fingerprint density at radius 1 is 1.24 bits per heavy atom. The minimum Gasteiger partial charge on any atom is -0.497 e. The lowest BCUT2D eigenvalue weighted by molar-refractivity contribution is 0.414. The Labute approximate surface area is 173 Å². The van der Waals surface area contributed by atoms with Gasteiger partial charge in [-0.2, -0.15) is 5.26 Å². The van der Waals surface area contributed by atoms with Crippen molar-refractivity contribution in [2.75, 3.05) is 30.8 Å². The van der Waals surface area contributed by atoms with E-state index in [0.29, 0.717) is 40.0 Å². The van der Waals surface area contributed by atoms with Gasteiger partial charge in [0.25, 0.3) is 0 Å². The fourth-order valence-electron chi connectivity index (χ4n) is 3.48. The third kappa shape index (κ3) is 3.74. The average molecular weight is 407 g/mol. The van der Waals surface area contributed by atoms with Crippen LogP contribution in [0.4, 0.5) is 11.5 Å². The van der Waals surface area contributed by atoms with Crippen molar-refractivity contribution in [2.24, 2.45) is 5.92 Å². The second-order valence-corrected chi connectivity index (χ2v) is 8.17. The SMILES string of the molecule is COc1cc(-c2nc(-c3nc(C)cs3)cc(N)c2C#N)nc(N2CCC(C)C2)c1. The summed E-state index contributed by atoms with van der Waals surface area (Å²) in [4.78, 5) is 16.3. The van der Waals surface area contributed by atoms with Crippen molar-refractivity contribution in [3.8, 4) is 33.9 Å². The van der Waals surface area contributed by atoms with Gasteiger partial charge in [0.2, 0.25) is 0 Å². The number of rotatable bonds is 4. The number of pyridine rings is 2. The molecule has 7 nitrogen and oxygen atoms in total. The molecule has 0 saturated carbocycles. The summed E-state index contributed by atoms with van der Waals surface area (Å²) in [6.07, 6.45) is 1.13. The van der Waals surface area contributed by atoms with Gasteiger partial charge >= 0.3 is 0 Å². The molecule has 0 radical (unpaired) electrons. The number of ether oxygens (including phenoxy) is 1. The van der Waals surface area contributed by atoms with Gasteiger partial charge in [-0.05, 0) is 25.3 Å². The molecule has 1 aliphatic heterocycles. The molecule has 8 heteroatoms. The summed E-state index contributed by atoms with van der Waals surface area (Å²) in [5, 5.41) is 12.4. The van der Waals surface area contributed by atoms with E-state index in [1.807, 2.05) is 18.4 Å². The number of nitrogens with two attached hydrogens (primary N) is 1. The van der Waals surface area contributed by atoms with Gasteiger partial charge in [-0.25, -0.2) is 15.0 Å². The van der Waals surface area contributed by atoms with Crippen LogP contribution in [0.25, 0.3) is 22.1 Å². The van der Waals surface area contributed by atoms with Crippen LogP contribution in [0, 0.1) is 24.2 Å². The maximum Gasteiger partial charge on any atom is 0.142 e. The van der Waals surface area contributed by atoms with E-state index in [1.165, 1.54) is 11.3 Å². The van der Waals surface area contributed by atoms with E-state index in [4.69, 9.17) is 20.4 Å². The molecular formula is C21H22N6OS.